The average Bonchev–Trinajstić information content (AvgIpc) is 2.78. The molecule has 0 aromatic carbocycles. The lowest BCUT2D eigenvalue weighted by molar-refractivity contribution is -0.136. The monoisotopic (exact) mass is 290 g/mol. The van der Waals surface area contributed by atoms with Crippen molar-refractivity contribution in [1.82, 2.24) is 5.43 Å². The topological polar surface area (TPSA) is 61.7 Å². The largest absolute Gasteiger partial charge is 0.393 e. The lowest BCUT2D eigenvalue weighted by Gasteiger charge is -2.54. The fourth-order valence-electron chi connectivity index (χ4n) is 6.15. The molecule has 3 aliphatic carbocycles. The molecule has 0 aromatic rings. The Labute approximate surface area is 126 Å². The molecule has 0 aromatic heterocycles. The van der Waals surface area contributed by atoms with Gasteiger partial charge < -0.3 is 5.11 Å². The van der Waals surface area contributed by atoms with Crippen molar-refractivity contribution in [2.24, 2.45) is 40.1 Å². The van der Waals surface area contributed by atoms with Crippen molar-refractivity contribution in [3.05, 3.63) is 0 Å². The van der Waals surface area contributed by atoms with E-state index in [0.717, 1.165) is 37.8 Å². The summed E-state index contributed by atoms with van der Waals surface area (Å²) in [6, 6.07) is 0. The summed E-state index contributed by atoms with van der Waals surface area (Å²) in [6.45, 7) is 4.34. The highest BCUT2D eigenvalue weighted by Crippen LogP contribution is 2.61. The van der Waals surface area contributed by atoms with Crippen LogP contribution in [0.1, 0.15) is 52.4 Å². The highest BCUT2D eigenvalue weighted by Gasteiger charge is 2.58. The quantitative estimate of drug-likeness (QED) is 0.719. The summed E-state index contributed by atoms with van der Waals surface area (Å²) in [5.74, 6) is 2.36. The van der Waals surface area contributed by atoms with Gasteiger partial charge in [0.2, 0.25) is 5.91 Å². The van der Waals surface area contributed by atoms with Crippen LogP contribution in [0.5, 0.6) is 0 Å². The molecular weight excluding hydrogens is 264 g/mol. The molecule has 4 aliphatic rings. The van der Waals surface area contributed by atoms with Gasteiger partial charge in [-0.2, -0.15) is 5.10 Å². The minimum atomic E-state index is -0.135. The number of nitrogens with one attached hydrogen (secondary N) is 1. The maximum Gasteiger partial charge on any atom is 0.244 e. The van der Waals surface area contributed by atoms with Crippen molar-refractivity contribution in [3.63, 3.8) is 0 Å². The first-order valence-electron chi connectivity index (χ1n) is 8.54. The van der Waals surface area contributed by atoms with Crippen molar-refractivity contribution < 1.29 is 9.90 Å². The van der Waals surface area contributed by atoms with Gasteiger partial charge in [-0.1, -0.05) is 6.92 Å². The second-order valence-electron chi connectivity index (χ2n) is 8.01. The van der Waals surface area contributed by atoms with Crippen LogP contribution in [0.4, 0.5) is 0 Å². The molecule has 1 amide bonds. The van der Waals surface area contributed by atoms with Gasteiger partial charge in [-0.3, -0.25) is 4.79 Å². The normalized spacial score (nSPS) is 52.3. The molecule has 4 heteroatoms. The van der Waals surface area contributed by atoms with Gasteiger partial charge in [0.05, 0.1) is 12.0 Å². The third-order valence-electron chi connectivity index (χ3n) is 7.33. The molecule has 0 unspecified atom stereocenters. The van der Waals surface area contributed by atoms with E-state index in [1.807, 2.05) is 0 Å². The Morgan fingerprint density at radius 3 is 2.81 bits per heavy atom. The van der Waals surface area contributed by atoms with Crippen LogP contribution < -0.4 is 5.43 Å². The number of amides is 1. The average molecular weight is 290 g/mol. The molecule has 4 nitrogen and oxygen atoms in total. The molecule has 1 heterocycles. The first kappa shape index (κ1) is 13.7. The van der Waals surface area contributed by atoms with E-state index in [0.29, 0.717) is 23.7 Å². The van der Waals surface area contributed by atoms with Crippen LogP contribution in [0.2, 0.25) is 0 Å². The zero-order valence-electron chi connectivity index (χ0n) is 13.0. The molecule has 0 radical (unpaired) electrons. The lowest BCUT2D eigenvalue weighted by Crippen LogP contribution is -2.54. The van der Waals surface area contributed by atoms with Crippen LogP contribution in [0.3, 0.4) is 0 Å². The predicted octanol–water partition coefficient (Wildman–Crippen LogP) is 2.32. The zero-order valence-corrected chi connectivity index (χ0v) is 13.0. The fourth-order valence-corrected chi connectivity index (χ4v) is 6.15. The molecule has 0 saturated heterocycles. The standard InChI is InChI=1S/C17H26N2O2/c1-9-10-3-4-11-12(15(10)16(21)19-18-9)7-8-17(2)13(11)5-6-14(17)20/h10-15,20H,3-8H2,1-2H3,(H,19,21)/t10-,11+,12-,13+,14-,15-,17+/m0/s1. The Morgan fingerprint density at radius 2 is 2.00 bits per heavy atom. The zero-order chi connectivity index (χ0) is 14.8. The van der Waals surface area contributed by atoms with Crippen LogP contribution in [-0.2, 0) is 4.79 Å². The number of carbonyl (C=O) groups is 1. The van der Waals surface area contributed by atoms with E-state index in [1.54, 1.807) is 0 Å². The minimum Gasteiger partial charge on any atom is -0.393 e. The SMILES string of the molecule is CC1=NNC(=O)[C@@H]2[C@H]3CC[C@]4(C)[C@H](CC[C@@H]4O)[C@@H]3CC[C@@H]12. The van der Waals surface area contributed by atoms with Gasteiger partial charge in [0.25, 0.3) is 0 Å². The molecule has 21 heavy (non-hydrogen) atoms. The molecule has 0 bridgehead atoms. The first-order chi connectivity index (χ1) is 10.0. The number of rotatable bonds is 0. The van der Waals surface area contributed by atoms with E-state index in [1.165, 1.54) is 6.42 Å². The Balaban J connectivity index is 1.66. The maximum atomic E-state index is 12.4. The predicted molar refractivity (Wildman–Crippen MR) is 80.5 cm³/mol. The molecular formula is C17H26N2O2. The molecule has 0 spiro atoms. The number of hydrogen-bond donors (Lipinski definition) is 2. The second-order valence-corrected chi connectivity index (χ2v) is 8.01. The third kappa shape index (κ3) is 1.77. The number of fused-ring (bicyclic) bond motifs is 5. The Bertz CT molecular complexity index is 503. The van der Waals surface area contributed by atoms with Crippen LogP contribution in [0, 0.1) is 35.0 Å². The third-order valence-corrected chi connectivity index (χ3v) is 7.33. The molecule has 1 aliphatic heterocycles. The van der Waals surface area contributed by atoms with E-state index < -0.39 is 0 Å². The molecule has 7 atom stereocenters. The number of aliphatic hydroxyl groups excluding tert-OH is 1. The van der Waals surface area contributed by atoms with E-state index in [-0.39, 0.29) is 23.3 Å². The summed E-state index contributed by atoms with van der Waals surface area (Å²) >= 11 is 0. The van der Waals surface area contributed by atoms with Crippen LogP contribution in [0.15, 0.2) is 5.10 Å². The van der Waals surface area contributed by atoms with Gasteiger partial charge >= 0.3 is 0 Å². The summed E-state index contributed by atoms with van der Waals surface area (Å²) in [5, 5.41) is 14.6. The van der Waals surface area contributed by atoms with Crippen LogP contribution >= 0.6 is 0 Å². The first-order valence-corrected chi connectivity index (χ1v) is 8.54. The van der Waals surface area contributed by atoms with Gasteiger partial charge in [-0.15, -0.1) is 0 Å². The van der Waals surface area contributed by atoms with Gasteiger partial charge in [-0.05, 0) is 68.6 Å². The van der Waals surface area contributed by atoms with Gasteiger partial charge in [0.15, 0.2) is 0 Å². The summed E-state index contributed by atoms with van der Waals surface area (Å²) in [6.07, 6.45) is 6.43. The molecule has 2 N–H and O–H groups in total. The van der Waals surface area contributed by atoms with Crippen molar-refractivity contribution in [2.75, 3.05) is 0 Å². The van der Waals surface area contributed by atoms with E-state index >= 15 is 0 Å². The Hall–Kier alpha value is -0.900. The molecule has 3 saturated carbocycles. The van der Waals surface area contributed by atoms with E-state index in [4.69, 9.17) is 0 Å². The number of nitrogens with zero attached hydrogens (tertiary/aromatic N) is 1. The van der Waals surface area contributed by atoms with Gasteiger partial charge in [0.1, 0.15) is 0 Å². The summed E-state index contributed by atoms with van der Waals surface area (Å²) < 4.78 is 0. The summed E-state index contributed by atoms with van der Waals surface area (Å²) in [5.41, 5.74) is 3.95. The van der Waals surface area contributed by atoms with Gasteiger partial charge in [-0.25, -0.2) is 5.43 Å². The number of hydrazone groups is 1. The fraction of sp³-hybridized carbons (Fsp3) is 0.882. The van der Waals surface area contributed by atoms with E-state index in [9.17, 15) is 9.90 Å². The summed E-state index contributed by atoms with van der Waals surface area (Å²) in [4.78, 5) is 12.4. The molecule has 4 rings (SSSR count). The highest BCUT2D eigenvalue weighted by atomic mass is 16.3. The van der Waals surface area contributed by atoms with Crippen LogP contribution in [0.25, 0.3) is 0 Å². The maximum absolute atomic E-state index is 12.4. The smallest absolute Gasteiger partial charge is 0.244 e. The van der Waals surface area contributed by atoms with Crippen LogP contribution in [-0.4, -0.2) is 22.8 Å². The Kier molecular flexibility index (Phi) is 2.97. The minimum absolute atomic E-state index is 0.0995. The molecule has 116 valence electrons. The number of aliphatic hydroxyl groups is 1. The van der Waals surface area contributed by atoms with E-state index in [2.05, 4.69) is 24.4 Å². The van der Waals surface area contributed by atoms with Crippen molar-refractivity contribution in [1.29, 1.82) is 0 Å². The van der Waals surface area contributed by atoms with Crippen molar-refractivity contribution >= 4 is 11.6 Å². The van der Waals surface area contributed by atoms with Crippen molar-refractivity contribution in [2.45, 2.75) is 58.5 Å². The highest BCUT2D eigenvalue weighted by molar-refractivity contribution is 5.94. The van der Waals surface area contributed by atoms with Crippen molar-refractivity contribution in [3.8, 4) is 0 Å². The Morgan fingerprint density at radius 1 is 1.19 bits per heavy atom. The lowest BCUT2D eigenvalue weighted by atomic mass is 9.51. The summed E-state index contributed by atoms with van der Waals surface area (Å²) in [7, 11) is 0. The number of carbonyl (C=O) groups excluding carboxylic acids is 1. The van der Waals surface area contributed by atoms with Gasteiger partial charge in [0, 0.05) is 11.6 Å². The molecule has 3 fully saturated rings. The number of hydrogen-bond acceptors (Lipinski definition) is 3. The second kappa shape index (κ2) is 4.55.